The van der Waals surface area contributed by atoms with Gasteiger partial charge in [-0.25, -0.2) is 0 Å². The molecule has 1 aromatic heterocycles. The summed E-state index contributed by atoms with van der Waals surface area (Å²) in [4.78, 5) is 4.12. The second-order valence-electron chi connectivity index (χ2n) is 3.50. The molecule has 2 rings (SSSR count). The minimum absolute atomic E-state index is 1.09. The Labute approximate surface area is 95.7 Å². The third-order valence-corrected chi connectivity index (χ3v) is 2.54. The van der Waals surface area contributed by atoms with E-state index in [-0.39, 0.29) is 0 Å². The minimum atomic E-state index is 1.09. The topological polar surface area (TPSA) is 24.9 Å². The molecule has 2 aromatic rings. The molecule has 1 N–H and O–H groups in total. The van der Waals surface area contributed by atoms with Gasteiger partial charge in [-0.3, -0.25) is 4.98 Å². The molecule has 0 unspecified atom stereocenters. The van der Waals surface area contributed by atoms with E-state index in [1.54, 1.807) is 6.20 Å². The highest BCUT2D eigenvalue weighted by atomic mass is 14.8. The monoisotopic (exact) mass is 210 g/mol. The van der Waals surface area contributed by atoms with Gasteiger partial charge in [-0.2, -0.15) is 0 Å². The van der Waals surface area contributed by atoms with Gasteiger partial charge in [0.15, 0.2) is 0 Å². The standard InChI is InChI=1S/C14H14N2/c1-3-11-9-12(6-7-14(11)15-2)13-5-4-8-16-10-13/h3-10,15H,1H2,2H3. The van der Waals surface area contributed by atoms with E-state index < -0.39 is 0 Å². The third kappa shape index (κ3) is 1.96. The van der Waals surface area contributed by atoms with Gasteiger partial charge in [0.1, 0.15) is 0 Å². The van der Waals surface area contributed by atoms with Crippen LogP contribution in [0.5, 0.6) is 0 Å². The van der Waals surface area contributed by atoms with Gasteiger partial charge in [-0.15, -0.1) is 0 Å². The van der Waals surface area contributed by atoms with Gasteiger partial charge in [0.2, 0.25) is 0 Å². The zero-order valence-electron chi connectivity index (χ0n) is 9.27. The number of nitrogens with one attached hydrogen (secondary N) is 1. The number of pyridine rings is 1. The Morgan fingerprint density at radius 1 is 1.25 bits per heavy atom. The second-order valence-corrected chi connectivity index (χ2v) is 3.50. The highest BCUT2D eigenvalue weighted by molar-refractivity contribution is 5.74. The van der Waals surface area contributed by atoms with Gasteiger partial charge < -0.3 is 5.32 Å². The van der Waals surface area contributed by atoms with Gasteiger partial charge in [-0.1, -0.05) is 24.8 Å². The van der Waals surface area contributed by atoms with Gasteiger partial charge in [-0.05, 0) is 29.3 Å². The summed E-state index contributed by atoms with van der Waals surface area (Å²) in [5.41, 5.74) is 4.46. The summed E-state index contributed by atoms with van der Waals surface area (Å²) in [5, 5.41) is 3.14. The molecule has 1 aromatic carbocycles. The van der Waals surface area contributed by atoms with Crippen LogP contribution in [0.2, 0.25) is 0 Å². The summed E-state index contributed by atoms with van der Waals surface area (Å²) in [6.45, 7) is 3.82. The number of hydrogen-bond donors (Lipinski definition) is 1. The molecule has 0 bridgehead atoms. The fourth-order valence-corrected chi connectivity index (χ4v) is 1.67. The summed E-state index contributed by atoms with van der Waals surface area (Å²) < 4.78 is 0. The van der Waals surface area contributed by atoms with E-state index in [0.29, 0.717) is 0 Å². The first-order chi connectivity index (χ1) is 7.85. The average Bonchev–Trinajstić information content (AvgIpc) is 2.39. The third-order valence-electron chi connectivity index (χ3n) is 2.54. The Kier molecular flexibility index (Phi) is 3.01. The lowest BCUT2D eigenvalue weighted by Gasteiger charge is -2.08. The van der Waals surface area contributed by atoms with Gasteiger partial charge in [0.05, 0.1) is 0 Å². The average molecular weight is 210 g/mol. The molecule has 1 heterocycles. The van der Waals surface area contributed by atoms with Crippen molar-refractivity contribution in [3.8, 4) is 11.1 Å². The van der Waals surface area contributed by atoms with Crippen LogP contribution in [-0.4, -0.2) is 12.0 Å². The molecule has 16 heavy (non-hydrogen) atoms. The van der Waals surface area contributed by atoms with E-state index >= 15 is 0 Å². The van der Waals surface area contributed by atoms with Crippen molar-refractivity contribution in [3.05, 3.63) is 54.9 Å². The molecular weight excluding hydrogens is 196 g/mol. The van der Waals surface area contributed by atoms with Crippen molar-refractivity contribution in [1.29, 1.82) is 0 Å². The lowest BCUT2D eigenvalue weighted by Crippen LogP contribution is -1.91. The zero-order chi connectivity index (χ0) is 11.4. The van der Waals surface area contributed by atoms with Crippen LogP contribution >= 0.6 is 0 Å². The Balaban J connectivity index is 2.48. The molecule has 0 aliphatic heterocycles. The quantitative estimate of drug-likeness (QED) is 0.839. The summed E-state index contributed by atoms with van der Waals surface area (Å²) in [6.07, 6.45) is 5.49. The Morgan fingerprint density at radius 3 is 2.75 bits per heavy atom. The van der Waals surface area contributed by atoms with Crippen LogP contribution in [0.25, 0.3) is 17.2 Å². The van der Waals surface area contributed by atoms with Crippen molar-refractivity contribution in [1.82, 2.24) is 4.98 Å². The molecule has 0 spiro atoms. The van der Waals surface area contributed by atoms with Gasteiger partial charge in [0.25, 0.3) is 0 Å². The van der Waals surface area contributed by atoms with E-state index in [1.165, 1.54) is 0 Å². The minimum Gasteiger partial charge on any atom is -0.388 e. The predicted molar refractivity (Wildman–Crippen MR) is 69.3 cm³/mol. The van der Waals surface area contributed by atoms with Gasteiger partial charge in [0, 0.05) is 30.7 Å². The van der Waals surface area contributed by atoms with Crippen molar-refractivity contribution in [2.45, 2.75) is 0 Å². The van der Waals surface area contributed by atoms with Crippen LogP contribution in [-0.2, 0) is 0 Å². The van der Waals surface area contributed by atoms with Crippen molar-refractivity contribution in [3.63, 3.8) is 0 Å². The van der Waals surface area contributed by atoms with Crippen LogP contribution in [0.1, 0.15) is 5.56 Å². The van der Waals surface area contributed by atoms with Crippen molar-refractivity contribution < 1.29 is 0 Å². The van der Waals surface area contributed by atoms with Crippen LogP contribution in [0.3, 0.4) is 0 Å². The molecule has 0 aliphatic carbocycles. The lowest BCUT2D eigenvalue weighted by atomic mass is 10.0. The fraction of sp³-hybridized carbons (Fsp3) is 0.0714. The number of aromatic nitrogens is 1. The fourth-order valence-electron chi connectivity index (χ4n) is 1.67. The van der Waals surface area contributed by atoms with Crippen molar-refractivity contribution in [2.24, 2.45) is 0 Å². The maximum Gasteiger partial charge on any atom is 0.0411 e. The molecule has 80 valence electrons. The maximum absolute atomic E-state index is 4.12. The summed E-state index contributed by atoms with van der Waals surface area (Å²) in [5.74, 6) is 0. The van der Waals surface area contributed by atoms with E-state index in [2.05, 4.69) is 35.1 Å². The number of nitrogens with zero attached hydrogens (tertiary/aromatic N) is 1. The molecule has 0 radical (unpaired) electrons. The molecule has 0 aliphatic rings. The smallest absolute Gasteiger partial charge is 0.0411 e. The number of hydrogen-bond acceptors (Lipinski definition) is 2. The largest absolute Gasteiger partial charge is 0.388 e. The highest BCUT2D eigenvalue weighted by Crippen LogP contribution is 2.25. The summed E-state index contributed by atoms with van der Waals surface area (Å²) in [7, 11) is 1.91. The first-order valence-electron chi connectivity index (χ1n) is 5.20. The molecular formula is C14H14N2. The highest BCUT2D eigenvalue weighted by Gasteiger charge is 2.01. The van der Waals surface area contributed by atoms with Crippen LogP contribution in [0.4, 0.5) is 5.69 Å². The van der Waals surface area contributed by atoms with Crippen LogP contribution in [0, 0.1) is 0 Å². The SMILES string of the molecule is C=Cc1cc(-c2cccnc2)ccc1NC. The molecule has 0 saturated heterocycles. The summed E-state index contributed by atoms with van der Waals surface area (Å²) in [6, 6.07) is 10.2. The van der Waals surface area contributed by atoms with E-state index in [4.69, 9.17) is 0 Å². The predicted octanol–water partition coefficient (Wildman–Crippen LogP) is 3.43. The summed E-state index contributed by atoms with van der Waals surface area (Å²) >= 11 is 0. The van der Waals surface area contributed by atoms with Crippen LogP contribution < -0.4 is 5.32 Å². The van der Waals surface area contributed by atoms with E-state index in [0.717, 1.165) is 22.4 Å². The van der Waals surface area contributed by atoms with Crippen molar-refractivity contribution >= 4 is 11.8 Å². The normalized spacial score (nSPS) is 9.81. The van der Waals surface area contributed by atoms with Crippen molar-refractivity contribution in [2.75, 3.05) is 12.4 Å². The zero-order valence-corrected chi connectivity index (χ0v) is 9.27. The second kappa shape index (κ2) is 4.62. The van der Waals surface area contributed by atoms with Crippen LogP contribution in [0.15, 0.2) is 49.3 Å². The first-order valence-corrected chi connectivity index (χ1v) is 5.20. The Hall–Kier alpha value is -2.09. The molecule has 2 nitrogen and oxygen atoms in total. The van der Waals surface area contributed by atoms with Gasteiger partial charge >= 0.3 is 0 Å². The number of anilines is 1. The lowest BCUT2D eigenvalue weighted by molar-refractivity contribution is 1.33. The first kappa shape index (κ1) is 10.4. The molecule has 0 fully saturated rings. The Morgan fingerprint density at radius 2 is 2.12 bits per heavy atom. The maximum atomic E-state index is 4.12. The number of benzene rings is 1. The van der Waals surface area contributed by atoms with E-state index in [9.17, 15) is 0 Å². The Bertz CT molecular complexity index is 489. The molecule has 0 atom stereocenters. The van der Waals surface area contributed by atoms with E-state index in [1.807, 2.05) is 31.5 Å². The molecule has 0 amide bonds. The number of rotatable bonds is 3. The molecule has 2 heteroatoms. The molecule has 0 saturated carbocycles.